The summed E-state index contributed by atoms with van der Waals surface area (Å²) in [4.78, 5) is 11.9. The second-order valence-electron chi connectivity index (χ2n) is 4.96. The van der Waals surface area contributed by atoms with Crippen LogP contribution in [0.3, 0.4) is 0 Å². The number of aromatic nitrogens is 2. The van der Waals surface area contributed by atoms with Gasteiger partial charge in [0.1, 0.15) is 0 Å². The Kier molecular flexibility index (Phi) is 4.94. The number of nitrogens with zero attached hydrogens (tertiary/aromatic N) is 1. The van der Waals surface area contributed by atoms with Gasteiger partial charge in [-0.1, -0.05) is 12.1 Å². The summed E-state index contributed by atoms with van der Waals surface area (Å²) in [5, 5.41) is 15.6. The predicted molar refractivity (Wildman–Crippen MR) is 83.1 cm³/mol. The molecule has 2 amide bonds. The normalized spacial score (nSPS) is 12.0. The molecule has 1 aromatic carbocycles. The molecule has 112 valence electrons. The zero-order valence-corrected chi connectivity index (χ0v) is 12.5. The third-order valence-corrected chi connectivity index (χ3v) is 3.45. The lowest BCUT2D eigenvalue weighted by molar-refractivity contribution is 0.251. The first kappa shape index (κ1) is 15.1. The molecule has 6 heteroatoms. The lowest BCUT2D eigenvalue weighted by Gasteiger charge is -2.13. The summed E-state index contributed by atoms with van der Waals surface area (Å²) in [6, 6.07) is 7.80. The lowest BCUT2D eigenvalue weighted by Crippen LogP contribution is -2.28. The summed E-state index contributed by atoms with van der Waals surface area (Å²) in [5.41, 5.74) is 3.83. The number of carbonyl (C=O) groups excluding carboxylic acids is 1. The van der Waals surface area contributed by atoms with Crippen LogP contribution in [-0.2, 0) is 6.54 Å². The van der Waals surface area contributed by atoms with E-state index in [1.165, 1.54) is 0 Å². The first-order valence-corrected chi connectivity index (χ1v) is 6.91. The maximum absolute atomic E-state index is 11.9. The van der Waals surface area contributed by atoms with Gasteiger partial charge in [0, 0.05) is 29.5 Å². The Morgan fingerprint density at radius 3 is 2.90 bits per heavy atom. The zero-order valence-electron chi connectivity index (χ0n) is 12.5. The molecule has 2 aromatic rings. The van der Waals surface area contributed by atoms with E-state index in [-0.39, 0.29) is 12.1 Å². The quantitative estimate of drug-likeness (QED) is 0.681. The Morgan fingerprint density at radius 1 is 1.43 bits per heavy atom. The molecule has 0 aliphatic rings. The molecule has 0 fully saturated rings. The number of rotatable bonds is 5. The van der Waals surface area contributed by atoms with Gasteiger partial charge in [-0.2, -0.15) is 5.10 Å². The molecular weight excluding hydrogens is 266 g/mol. The Balaban J connectivity index is 1.92. The first-order valence-electron chi connectivity index (χ1n) is 6.91. The summed E-state index contributed by atoms with van der Waals surface area (Å²) < 4.78 is 0. The largest absolute Gasteiger partial charge is 0.334 e. The number of carbonyl (C=O) groups is 1. The number of aromatic amines is 1. The van der Waals surface area contributed by atoms with E-state index >= 15 is 0 Å². The molecule has 0 aliphatic carbocycles. The number of hydrogen-bond donors (Lipinski definition) is 4. The fourth-order valence-corrected chi connectivity index (χ4v) is 1.96. The van der Waals surface area contributed by atoms with Gasteiger partial charge in [-0.05, 0) is 38.6 Å². The van der Waals surface area contributed by atoms with Crippen molar-refractivity contribution in [2.24, 2.45) is 0 Å². The van der Waals surface area contributed by atoms with Crippen LogP contribution >= 0.6 is 0 Å². The van der Waals surface area contributed by atoms with Crippen molar-refractivity contribution in [3.8, 4) is 0 Å². The van der Waals surface area contributed by atoms with Gasteiger partial charge in [-0.3, -0.25) is 5.10 Å². The zero-order chi connectivity index (χ0) is 15.2. The van der Waals surface area contributed by atoms with E-state index in [4.69, 9.17) is 0 Å². The first-order chi connectivity index (χ1) is 10.1. The molecule has 6 nitrogen and oxygen atoms in total. The highest BCUT2D eigenvalue weighted by Crippen LogP contribution is 2.16. The van der Waals surface area contributed by atoms with Crippen molar-refractivity contribution in [1.29, 1.82) is 0 Å². The minimum atomic E-state index is -0.232. The van der Waals surface area contributed by atoms with Gasteiger partial charge in [0.2, 0.25) is 0 Å². The summed E-state index contributed by atoms with van der Waals surface area (Å²) in [6.07, 6.45) is 1.71. The molecule has 4 N–H and O–H groups in total. The van der Waals surface area contributed by atoms with Crippen LogP contribution in [-0.4, -0.2) is 23.3 Å². The Morgan fingerprint density at radius 2 is 2.24 bits per heavy atom. The monoisotopic (exact) mass is 287 g/mol. The summed E-state index contributed by atoms with van der Waals surface area (Å²) >= 11 is 0. The van der Waals surface area contributed by atoms with Crippen LogP contribution in [0.4, 0.5) is 10.5 Å². The van der Waals surface area contributed by atoms with E-state index in [0.29, 0.717) is 6.54 Å². The SMILES string of the molecule is CNC(C)c1cccc(NC(=O)NCc2cn[nH]c2C)c1. The molecule has 1 unspecified atom stereocenters. The van der Waals surface area contributed by atoms with Gasteiger partial charge in [0.05, 0.1) is 6.20 Å². The number of hydrogen-bond acceptors (Lipinski definition) is 3. The van der Waals surface area contributed by atoms with Crippen LogP contribution < -0.4 is 16.0 Å². The maximum atomic E-state index is 11.9. The van der Waals surface area contributed by atoms with Crippen LogP contribution in [0.15, 0.2) is 30.5 Å². The second kappa shape index (κ2) is 6.90. The third-order valence-electron chi connectivity index (χ3n) is 3.45. The predicted octanol–water partition coefficient (Wildman–Crippen LogP) is 2.32. The van der Waals surface area contributed by atoms with Crippen molar-refractivity contribution in [2.75, 3.05) is 12.4 Å². The highest BCUT2D eigenvalue weighted by Gasteiger charge is 2.07. The van der Waals surface area contributed by atoms with Crippen molar-refractivity contribution < 1.29 is 4.79 Å². The van der Waals surface area contributed by atoms with E-state index in [2.05, 4.69) is 33.1 Å². The number of urea groups is 1. The maximum Gasteiger partial charge on any atom is 0.319 e. The van der Waals surface area contributed by atoms with E-state index in [1.807, 2.05) is 38.2 Å². The summed E-state index contributed by atoms with van der Waals surface area (Å²) in [6.45, 7) is 4.44. The highest BCUT2D eigenvalue weighted by molar-refractivity contribution is 5.89. The van der Waals surface area contributed by atoms with Gasteiger partial charge in [-0.25, -0.2) is 4.79 Å². The number of nitrogens with one attached hydrogen (secondary N) is 4. The van der Waals surface area contributed by atoms with Crippen LogP contribution in [0.5, 0.6) is 0 Å². The molecule has 1 aromatic heterocycles. The molecular formula is C15H21N5O. The third kappa shape index (κ3) is 4.06. The number of benzene rings is 1. The van der Waals surface area contributed by atoms with Crippen molar-refractivity contribution in [1.82, 2.24) is 20.8 Å². The Labute approximate surface area is 124 Å². The average molecular weight is 287 g/mol. The Bertz CT molecular complexity index is 608. The van der Waals surface area contributed by atoms with Crippen molar-refractivity contribution in [3.63, 3.8) is 0 Å². The number of anilines is 1. The summed E-state index contributed by atoms with van der Waals surface area (Å²) in [5.74, 6) is 0. The van der Waals surface area contributed by atoms with Crippen molar-refractivity contribution in [3.05, 3.63) is 47.3 Å². The minimum absolute atomic E-state index is 0.232. The second-order valence-corrected chi connectivity index (χ2v) is 4.96. The molecule has 1 atom stereocenters. The standard InChI is InChI=1S/C15H21N5O/c1-10(16-3)12-5-4-6-14(7-12)19-15(21)17-8-13-9-18-20-11(13)2/h4-7,9-10,16H,8H2,1-3H3,(H,18,20)(H2,17,19,21). The highest BCUT2D eigenvalue weighted by atomic mass is 16.2. The van der Waals surface area contributed by atoms with Crippen LogP contribution in [0.2, 0.25) is 0 Å². The van der Waals surface area contributed by atoms with E-state index in [0.717, 1.165) is 22.5 Å². The fourth-order valence-electron chi connectivity index (χ4n) is 1.96. The number of aryl methyl sites for hydroxylation is 1. The topological polar surface area (TPSA) is 81.8 Å². The Hall–Kier alpha value is -2.34. The van der Waals surface area contributed by atoms with Gasteiger partial charge >= 0.3 is 6.03 Å². The molecule has 1 heterocycles. The minimum Gasteiger partial charge on any atom is -0.334 e. The molecule has 0 bridgehead atoms. The van der Waals surface area contributed by atoms with Crippen molar-refractivity contribution >= 4 is 11.7 Å². The molecule has 0 spiro atoms. The van der Waals surface area contributed by atoms with E-state index < -0.39 is 0 Å². The molecule has 21 heavy (non-hydrogen) atoms. The van der Waals surface area contributed by atoms with E-state index in [1.54, 1.807) is 6.20 Å². The molecule has 0 radical (unpaired) electrons. The van der Waals surface area contributed by atoms with E-state index in [9.17, 15) is 4.79 Å². The smallest absolute Gasteiger partial charge is 0.319 e. The van der Waals surface area contributed by atoms with Gasteiger partial charge < -0.3 is 16.0 Å². The molecule has 0 aliphatic heterocycles. The number of H-pyrrole nitrogens is 1. The molecule has 2 rings (SSSR count). The van der Waals surface area contributed by atoms with Crippen LogP contribution in [0.25, 0.3) is 0 Å². The fraction of sp³-hybridized carbons (Fsp3) is 0.333. The average Bonchev–Trinajstić information content (AvgIpc) is 2.90. The van der Waals surface area contributed by atoms with Gasteiger partial charge in [0.25, 0.3) is 0 Å². The van der Waals surface area contributed by atoms with Crippen LogP contribution in [0, 0.1) is 6.92 Å². The van der Waals surface area contributed by atoms with Gasteiger partial charge in [-0.15, -0.1) is 0 Å². The van der Waals surface area contributed by atoms with Crippen molar-refractivity contribution in [2.45, 2.75) is 26.4 Å². The number of amides is 2. The van der Waals surface area contributed by atoms with Crippen LogP contribution in [0.1, 0.15) is 29.8 Å². The molecule has 0 saturated carbocycles. The molecule has 0 saturated heterocycles. The van der Waals surface area contributed by atoms with Gasteiger partial charge in [0.15, 0.2) is 0 Å². The summed E-state index contributed by atoms with van der Waals surface area (Å²) in [7, 11) is 1.91. The lowest BCUT2D eigenvalue weighted by atomic mass is 10.1.